The minimum Gasteiger partial charge on any atom is -0.494 e. The molecule has 2 aromatic heterocycles. The molecule has 16 heteroatoms. The summed E-state index contributed by atoms with van der Waals surface area (Å²) < 4.78 is 53.0. The molecule has 0 atom stereocenters. The number of likely N-dealkylation sites (tertiary alicyclic amines) is 1. The number of carboxylic acid groups (broad SMARTS) is 1. The molecule has 2 fully saturated rings. The number of carboxylic acids is 1. The van der Waals surface area contributed by atoms with Crippen LogP contribution in [0.3, 0.4) is 0 Å². The number of aliphatic carboxylic acids is 1. The van der Waals surface area contributed by atoms with E-state index in [1.165, 1.54) is 13.2 Å². The number of amides is 2. The highest BCUT2D eigenvalue weighted by molar-refractivity contribution is 5.96. The lowest BCUT2D eigenvalue weighted by atomic mass is 9.94. The Morgan fingerprint density at radius 2 is 1.80 bits per heavy atom. The molecule has 6 rings (SSSR count). The monoisotopic (exact) mass is 685 g/mol. The molecule has 4 heterocycles. The Morgan fingerprint density at radius 3 is 2.39 bits per heavy atom. The van der Waals surface area contributed by atoms with Gasteiger partial charge in [0.1, 0.15) is 0 Å². The Kier molecular flexibility index (Phi) is 10.7. The predicted molar refractivity (Wildman–Crippen MR) is 171 cm³/mol. The van der Waals surface area contributed by atoms with Crippen molar-refractivity contribution in [2.45, 2.75) is 25.9 Å². The van der Waals surface area contributed by atoms with Crippen molar-refractivity contribution in [3.63, 3.8) is 0 Å². The summed E-state index contributed by atoms with van der Waals surface area (Å²) in [5.41, 5.74) is 4.19. The van der Waals surface area contributed by atoms with Crippen molar-refractivity contribution in [3.05, 3.63) is 71.9 Å². The van der Waals surface area contributed by atoms with Crippen LogP contribution in [0, 0.1) is 24.6 Å². The number of aromatic nitrogens is 3. The Hall–Kier alpha value is -5.25. The van der Waals surface area contributed by atoms with Gasteiger partial charge in [-0.15, -0.1) is 0 Å². The smallest absolute Gasteiger partial charge is 0.490 e. The SMILES string of the molecule is COc1ccc(-c2cnc3c(Nc4ccc(C(=O)N5CCC(C(=O)NCC6CNC6)CC5)c(C)c4)nccn23)cc1F.O=C(O)C(F)(F)F. The van der Waals surface area contributed by atoms with Crippen molar-refractivity contribution in [3.8, 4) is 17.0 Å². The predicted octanol–water partition coefficient (Wildman–Crippen LogP) is 4.42. The number of imidazole rings is 1. The molecule has 2 saturated heterocycles. The number of benzene rings is 2. The molecule has 2 amide bonds. The number of piperidine rings is 1. The first kappa shape index (κ1) is 35.1. The number of anilines is 2. The van der Waals surface area contributed by atoms with Crippen LogP contribution in [-0.4, -0.2) is 88.2 Å². The first-order chi connectivity index (χ1) is 23.3. The summed E-state index contributed by atoms with van der Waals surface area (Å²) in [5.74, 6) is -1.93. The van der Waals surface area contributed by atoms with Gasteiger partial charge in [0, 0.05) is 73.8 Å². The molecular formula is C33H35F4N7O5. The van der Waals surface area contributed by atoms with E-state index in [1.54, 1.807) is 30.7 Å². The number of carbonyl (C=O) groups is 3. The van der Waals surface area contributed by atoms with E-state index in [0.29, 0.717) is 60.1 Å². The van der Waals surface area contributed by atoms with Gasteiger partial charge in [-0.2, -0.15) is 13.2 Å². The second-order valence-corrected chi connectivity index (χ2v) is 11.8. The molecule has 0 radical (unpaired) electrons. The van der Waals surface area contributed by atoms with Crippen molar-refractivity contribution < 1.29 is 41.8 Å². The second-order valence-electron chi connectivity index (χ2n) is 11.8. The number of nitrogens with one attached hydrogen (secondary N) is 3. The lowest BCUT2D eigenvalue weighted by Gasteiger charge is -2.33. The van der Waals surface area contributed by atoms with Gasteiger partial charge in [0.2, 0.25) is 5.91 Å². The van der Waals surface area contributed by atoms with Gasteiger partial charge in [0.15, 0.2) is 23.0 Å². The lowest BCUT2D eigenvalue weighted by Crippen LogP contribution is -2.50. The molecule has 0 aliphatic carbocycles. The standard InChI is InChI=1S/C31H34FN7O3.C2HF3O2/c1-19-13-23(4-5-24(19)31(41)38-10-7-21(8-11-38)30(40)36-17-20-15-33-16-20)37-28-29-35-18-26(39(29)12-9-34-28)22-3-6-27(42-2)25(32)14-22;3-2(4,5)1(6)7/h3-6,9,12-14,18,20-21,33H,7-8,10-11,15-17H2,1-2H3,(H,34,37)(H,36,40);(H,6,7). The van der Waals surface area contributed by atoms with Gasteiger partial charge in [-0.1, -0.05) is 0 Å². The third-order valence-electron chi connectivity index (χ3n) is 8.42. The summed E-state index contributed by atoms with van der Waals surface area (Å²) >= 11 is 0. The normalized spacial score (nSPS) is 15.2. The summed E-state index contributed by atoms with van der Waals surface area (Å²) in [6.45, 7) is 5.68. The van der Waals surface area contributed by atoms with E-state index in [-0.39, 0.29) is 23.5 Å². The second kappa shape index (κ2) is 14.9. The number of hydrogen-bond donors (Lipinski definition) is 4. The molecule has 2 aliphatic rings. The lowest BCUT2D eigenvalue weighted by molar-refractivity contribution is -0.192. The highest BCUT2D eigenvalue weighted by Crippen LogP contribution is 2.29. The van der Waals surface area contributed by atoms with Crippen molar-refractivity contribution in [2.75, 3.05) is 45.2 Å². The van der Waals surface area contributed by atoms with Crippen LogP contribution in [0.1, 0.15) is 28.8 Å². The van der Waals surface area contributed by atoms with Gasteiger partial charge in [-0.25, -0.2) is 19.2 Å². The molecule has 4 N–H and O–H groups in total. The van der Waals surface area contributed by atoms with Gasteiger partial charge in [-0.3, -0.25) is 14.0 Å². The number of methoxy groups -OCH3 is 1. The fraction of sp³-hybridized carbons (Fsp3) is 0.364. The molecule has 49 heavy (non-hydrogen) atoms. The number of fused-ring (bicyclic) bond motifs is 1. The zero-order chi connectivity index (χ0) is 35.3. The quantitative estimate of drug-likeness (QED) is 0.198. The molecule has 2 aliphatic heterocycles. The third-order valence-corrected chi connectivity index (χ3v) is 8.42. The van der Waals surface area contributed by atoms with E-state index in [0.717, 1.165) is 30.9 Å². The maximum Gasteiger partial charge on any atom is 0.490 e. The number of nitrogens with zero attached hydrogens (tertiary/aromatic N) is 4. The largest absolute Gasteiger partial charge is 0.494 e. The first-order valence-corrected chi connectivity index (χ1v) is 15.5. The maximum absolute atomic E-state index is 14.3. The van der Waals surface area contributed by atoms with Crippen molar-refractivity contribution in [1.29, 1.82) is 0 Å². The number of hydrogen-bond acceptors (Lipinski definition) is 8. The van der Waals surface area contributed by atoms with Crippen LogP contribution in [0.4, 0.5) is 29.1 Å². The van der Waals surface area contributed by atoms with E-state index >= 15 is 0 Å². The van der Waals surface area contributed by atoms with Gasteiger partial charge >= 0.3 is 12.1 Å². The molecule has 0 spiro atoms. The minimum atomic E-state index is -5.08. The summed E-state index contributed by atoms with van der Waals surface area (Å²) in [6, 6.07) is 10.4. The Balaban J connectivity index is 0.000000606. The third kappa shape index (κ3) is 8.25. The van der Waals surface area contributed by atoms with E-state index in [4.69, 9.17) is 14.6 Å². The van der Waals surface area contributed by atoms with Crippen molar-refractivity contribution in [1.82, 2.24) is 29.9 Å². The van der Waals surface area contributed by atoms with Crippen LogP contribution < -0.4 is 20.7 Å². The topological polar surface area (TPSA) is 150 Å². The molecule has 260 valence electrons. The van der Waals surface area contributed by atoms with Gasteiger partial charge in [0.25, 0.3) is 5.91 Å². The first-order valence-electron chi connectivity index (χ1n) is 15.5. The van der Waals surface area contributed by atoms with Gasteiger partial charge < -0.3 is 30.7 Å². The van der Waals surface area contributed by atoms with Crippen LogP contribution >= 0.6 is 0 Å². The van der Waals surface area contributed by atoms with Crippen LogP contribution in [0.5, 0.6) is 5.75 Å². The van der Waals surface area contributed by atoms with E-state index < -0.39 is 18.0 Å². The van der Waals surface area contributed by atoms with E-state index in [2.05, 4.69) is 25.9 Å². The molecule has 4 aromatic rings. The van der Waals surface area contributed by atoms with Crippen LogP contribution in [0.15, 0.2) is 55.0 Å². The number of carbonyl (C=O) groups excluding carboxylic acids is 2. The van der Waals surface area contributed by atoms with Crippen molar-refractivity contribution >= 4 is 34.9 Å². The minimum absolute atomic E-state index is 0.0247. The van der Waals surface area contributed by atoms with Crippen molar-refractivity contribution in [2.24, 2.45) is 11.8 Å². The number of ether oxygens (including phenoxy) is 1. The summed E-state index contributed by atoms with van der Waals surface area (Å²) in [5, 5.41) is 16.7. The molecule has 0 saturated carbocycles. The van der Waals surface area contributed by atoms with E-state index in [1.807, 2.05) is 34.4 Å². The molecular weight excluding hydrogens is 650 g/mol. The molecule has 0 bridgehead atoms. The Bertz CT molecular complexity index is 1840. The maximum atomic E-state index is 14.3. The number of alkyl halides is 3. The highest BCUT2D eigenvalue weighted by atomic mass is 19.4. The van der Waals surface area contributed by atoms with Gasteiger partial charge in [-0.05, 0) is 61.7 Å². The van der Waals surface area contributed by atoms with Crippen LogP contribution in [-0.2, 0) is 9.59 Å². The average Bonchev–Trinajstić information content (AvgIpc) is 3.49. The number of aryl methyl sites for hydroxylation is 1. The fourth-order valence-electron chi connectivity index (χ4n) is 5.56. The zero-order valence-corrected chi connectivity index (χ0v) is 26.7. The van der Waals surface area contributed by atoms with Crippen LogP contribution in [0.2, 0.25) is 0 Å². The fourth-order valence-corrected chi connectivity index (χ4v) is 5.56. The molecule has 12 nitrogen and oxygen atoms in total. The summed E-state index contributed by atoms with van der Waals surface area (Å²) in [7, 11) is 1.43. The molecule has 0 unspecified atom stereocenters. The average molecular weight is 686 g/mol. The Labute approximate surface area is 278 Å². The van der Waals surface area contributed by atoms with E-state index in [9.17, 15) is 27.2 Å². The highest BCUT2D eigenvalue weighted by Gasteiger charge is 2.38. The number of rotatable bonds is 8. The van der Waals surface area contributed by atoms with Gasteiger partial charge in [0.05, 0.1) is 19.0 Å². The zero-order valence-electron chi connectivity index (χ0n) is 26.7. The summed E-state index contributed by atoms with van der Waals surface area (Å²) in [4.78, 5) is 45.6. The summed E-state index contributed by atoms with van der Waals surface area (Å²) in [6.07, 6.45) is 1.36. The van der Waals surface area contributed by atoms with Crippen LogP contribution in [0.25, 0.3) is 16.9 Å². The molecule has 2 aromatic carbocycles. The Morgan fingerprint density at radius 1 is 1.08 bits per heavy atom. The number of halogens is 4.